The highest BCUT2D eigenvalue weighted by Crippen LogP contribution is 2.17. The van der Waals surface area contributed by atoms with Gasteiger partial charge in [0.25, 0.3) is 0 Å². The Morgan fingerprint density at radius 2 is 1.55 bits per heavy atom. The summed E-state index contributed by atoms with van der Waals surface area (Å²) < 4.78 is 11.0. The van der Waals surface area contributed by atoms with Gasteiger partial charge in [0, 0.05) is 19.6 Å². The van der Waals surface area contributed by atoms with Crippen LogP contribution < -0.4 is 5.32 Å². The molecule has 0 aliphatic rings. The van der Waals surface area contributed by atoms with E-state index in [0.29, 0.717) is 19.1 Å². The Hall–Kier alpha value is -0.900. The smallest absolute Gasteiger partial charge is 0.158 e. The van der Waals surface area contributed by atoms with E-state index in [1.807, 2.05) is 13.8 Å². The third kappa shape index (κ3) is 7.04. The van der Waals surface area contributed by atoms with Gasteiger partial charge in [-0.05, 0) is 44.8 Å². The van der Waals surface area contributed by atoms with Crippen molar-refractivity contribution in [2.75, 3.05) is 26.3 Å². The average molecular weight is 279 g/mol. The highest BCUT2D eigenvalue weighted by molar-refractivity contribution is 5.18. The number of hydrogen-bond acceptors (Lipinski definition) is 3. The molecule has 114 valence electrons. The van der Waals surface area contributed by atoms with E-state index in [1.54, 1.807) is 0 Å². The molecule has 1 N–H and O–H groups in total. The molecule has 0 aromatic heterocycles. The van der Waals surface area contributed by atoms with E-state index in [0.717, 1.165) is 25.9 Å². The minimum Gasteiger partial charge on any atom is -0.353 e. The fourth-order valence-electron chi connectivity index (χ4n) is 2.20. The van der Waals surface area contributed by atoms with Crippen LogP contribution in [0.25, 0.3) is 0 Å². The zero-order valence-corrected chi connectivity index (χ0v) is 13.1. The van der Waals surface area contributed by atoms with Gasteiger partial charge in [0.15, 0.2) is 6.29 Å². The summed E-state index contributed by atoms with van der Waals surface area (Å²) in [4.78, 5) is 0. The largest absolute Gasteiger partial charge is 0.353 e. The van der Waals surface area contributed by atoms with Crippen LogP contribution >= 0.6 is 0 Å². The lowest BCUT2D eigenvalue weighted by molar-refractivity contribution is -0.138. The Balaban J connectivity index is 2.12. The molecule has 0 fully saturated rings. The maximum absolute atomic E-state index is 5.52. The van der Waals surface area contributed by atoms with Gasteiger partial charge >= 0.3 is 0 Å². The summed E-state index contributed by atoms with van der Waals surface area (Å²) >= 11 is 0. The van der Waals surface area contributed by atoms with Crippen molar-refractivity contribution in [3.63, 3.8) is 0 Å². The number of rotatable bonds is 11. The van der Waals surface area contributed by atoms with E-state index in [9.17, 15) is 0 Å². The maximum Gasteiger partial charge on any atom is 0.158 e. The third-order valence-corrected chi connectivity index (χ3v) is 3.38. The van der Waals surface area contributed by atoms with E-state index in [2.05, 4.69) is 42.6 Å². The number of ether oxygens (including phenoxy) is 2. The van der Waals surface area contributed by atoms with E-state index in [4.69, 9.17) is 9.47 Å². The minimum atomic E-state index is -0.0657. The molecule has 1 aromatic carbocycles. The van der Waals surface area contributed by atoms with Crippen LogP contribution in [0.15, 0.2) is 30.3 Å². The first kappa shape index (κ1) is 17.2. The van der Waals surface area contributed by atoms with Crippen LogP contribution in [0, 0.1) is 0 Å². The molecule has 0 bridgehead atoms. The van der Waals surface area contributed by atoms with Crippen LogP contribution in [0.5, 0.6) is 0 Å². The second kappa shape index (κ2) is 10.8. The highest BCUT2D eigenvalue weighted by Gasteiger charge is 2.07. The van der Waals surface area contributed by atoms with Gasteiger partial charge in [-0.15, -0.1) is 0 Å². The highest BCUT2D eigenvalue weighted by atomic mass is 16.7. The summed E-state index contributed by atoms with van der Waals surface area (Å²) in [5.74, 6) is 0.596. The van der Waals surface area contributed by atoms with Crippen molar-refractivity contribution < 1.29 is 9.47 Å². The van der Waals surface area contributed by atoms with Crippen molar-refractivity contribution >= 4 is 0 Å². The molecule has 1 atom stereocenters. The maximum atomic E-state index is 5.52. The Morgan fingerprint density at radius 3 is 2.15 bits per heavy atom. The van der Waals surface area contributed by atoms with Crippen molar-refractivity contribution in [2.45, 2.75) is 45.8 Å². The van der Waals surface area contributed by atoms with Crippen LogP contribution in [0.2, 0.25) is 0 Å². The molecule has 0 aliphatic carbocycles. The second-order valence-electron chi connectivity index (χ2n) is 4.98. The monoisotopic (exact) mass is 279 g/mol. The molecule has 0 amide bonds. The normalized spacial score (nSPS) is 12.8. The Labute approximate surface area is 123 Å². The Morgan fingerprint density at radius 1 is 0.950 bits per heavy atom. The zero-order chi connectivity index (χ0) is 14.6. The van der Waals surface area contributed by atoms with Crippen molar-refractivity contribution in [1.82, 2.24) is 5.32 Å². The topological polar surface area (TPSA) is 30.5 Å². The fraction of sp³-hybridized carbons (Fsp3) is 0.647. The lowest BCUT2D eigenvalue weighted by Crippen LogP contribution is -2.26. The van der Waals surface area contributed by atoms with Crippen molar-refractivity contribution in [3.8, 4) is 0 Å². The number of nitrogens with one attached hydrogen (secondary N) is 1. The predicted molar refractivity (Wildman–Crippen MR) is 84.0 cm³/mol. The molecule has 3 nitrogen and oxygen atoms in total. The molecular weight excluding hydrogens is 250 g/mol. The molecule has 0 saturated heterocycles. The van der Waals surface area contributed by atoms with Gasteiger partial charge < -0.3 is 14.8 Å². The SMILES string of the molecule is CCOC(CCNCCC(C)c1ccccc1)OCC. The molecule has 0 aliphatic heterocycles. The van der Waals surface area contributed by atoms with Crippen molar-refractivity contribution in [1.29, 1.82) is 0 Å². The van der Waals surface area contributed by atoms with Crippen LogP contribution in [-0.2, 0) is 9.47 Å². The van der Waals surface area contributed by atoms with E-state index >= 15 is 0 Å². The summed E-state index contributed by atoms with van der Waals surface area (Å²) in [7, 11) is 0. The molecule has 1 unspecified atom stereocenters. The molecule has 20 heavy (non-hydrogen) atoms. The van der Waals surface area contributed by atoms with Gasteiger partial charge in [-0.3, -0.25) is 0 Å². The minimum absolute atomic E-state index is 0.0657. The molecule has 0 spiro atoms. The van der Waals surface area contributed by atoms with Crippen molar-refractivity contribution in [3.05, 3.63) is 35.9 Å². The first-order valence-corrected chi connectivity index (χ1v) is 7.76. The van der Waals surface area contributed by atoms with Gasteiger partial charge in [-0.2, -0.15) is 0 Å². The zero-order valence-electron chi connectivity index (χ0n) is 13.1. The predicted octanol–water partition coefficient (Wildman–Crippen LogP) is 3.56. The standard InChI is InChI=1S/C17H29NO2/c1-4-19-17(20-5-2)12-14-18-13-11-15(3)16-9-7-6-8-10-16/h6-10,15,17-18H,4-5,11-14H2,1-3H3. The van der Waals surface area contributed by atoms with Crippen LogP contribution in [0.3, 0.4) is 0 Å². The lowest BCUT2D eigenvalue weighted by atomic mass is 9.98. The van der Waals surface area contributed by atoms with E-state index in [1.165, 1.54) is 5.56 Å². The van der Waals surface area contributed by atoms with Crippen LogP contribution in [0.4, 0.5) is 0 Å². The molecule has 1 rings (SSSR count). The fourth-order valence-corrected chi connectivity index (χ4v) is 2.20. The summed E-state index contributed by atoms with van der Waals surface area (Å²) in [5.41, 5.74) is 1.41. The van der Waals surface area contributed by atoms with Gasteiger partial charge in [0.1, 0.15) is 0 Å². The number of benzene rings is 1. The second-order valence-corrected chi connectivity index (χ2v) is 4.98. The summed E-state index contributed by atoms with van der Waals surface area (Å²) in [5, 5.41) is 3.47. The summed E-state index contributed by atoms with van der Waals surface area (Å²) in [6, 6.07) is 10.7. The summed E-state index contributed by atoms with van der Waals surface area (Å²) in [6.45, 7) is 9.65. The molecule has 0 radical (unpaired) electrons. The molecule has 1 aromatic rings. The molecule has 0 saturated carbocycles. The van der Waals surface area contributed by atoms with Gasteiger partial charge in [-0.25, -0.2) is 0 Å². The van der Waals surface area contributed by atoms with Gasteiger partial charge in [0.2, 0.25) is 0 Å². The molecule has 3 heteroatoms. The first-order valence-electron chi connectivity index (χ1n) is 7.76. The van der Waals surface area contributed by atoms with Gasteiger partial charge in [-0.1, -0.05) is 37.3 Å². The van der Waals surface area contributed by atoms with Crippen LogP contribution in [0.1, 0.15) is 45.1 Å². The Bertz CT molecular complexity index is 323. The molecule has 0 heterocycles. The molecular formula is C17H29NO2. The average Bonchev–Trinajstić information content (AvgIpc) is 2.48. The van der Waals surface area contributed by atoms with E-state index < -0.39 is 0 Å². The third-order valence-electron chi connectivity index (χ3n) is 3.38. The summed E-state index contributed by atoms with van der Waals surface area (Å²) in [6.07, 6.45) is 1.99. The first-order chi connectivity index (χ1) is 9.77. The van der Waals surface area contributed by atoms with E-state index in [-0.39, 0.29) is 6.29 Å². The van der Waals surface area contributed by atoms with Crippen LogP contribution in [-0.4, -0.2) is 32.6 Å². The van der Waals surface area contributed by atoms with Gasteiger partial charge in [0.05, 0.1) is 0 Å². The quantitative estimate of drug-likeness (QED) is 0.496. The van der Waals surface area contributed by atoms with Crippen molar-refractivity contribution in [2.24, 2.45) is 0 Å². The lowest BCUT2D eigenvalue weighted by Gasteiger charge is -2.17. The number of hydrogen-bond donors (Lipinski definition) is 1. The Kier molecular flexibility index (Phi) is 9.29.